The number of halogens is 1. The maximum atomic E-state index is 5.92. The smallest absolute Gasteiger partial charge is 0.109 e. The SMILES string of the molecule is Cc1cc2c(o1)CC(C)(C)CC2NC(C)c1sccc1Br. The highest BCUT2D eigenvalue weighted by molar-refractivity contribution is 9.10. The van der Waals surface area contributed by atoms with E-state index in [0.717, 1.165) is 18.6 Å². The lowest BCUT2D eigenvalue weighted by molar-refractivity contribution is 0.227. The van der Waals surface area contributed by atoms with Crippen molar-refractivity contribution >= 4 is 27.3 Å². The molecule has 0 spiro atoms. The van der Waals surface area contributed by atoms with E-state index in [2.05, 4.69) is 59.5 Å². The van der Waals surface area contributed by atoms with Gasteiger partial charge in [-0.2, -0.15) is 0 Å². The number of thiophene rings is 1. The largest absolute Gasteiger partial charge is 0.466 e. The van der Waals surface area contributed by atoms with E-state index >= 15 is 0 Å². The lowest BCUT2D eigenvalue weighted by Gasteiger charge is -2.36. The average molecular weight is 368 g/mol. The second kappa shape index (κ2) is 5.56. The minimum absolute atomic E-state index is 0.279. The van der Waals surface area contributed by atoms with Crippen molar-refractivity contribution in [3.8, 4) is 0 Å². The van der Waals surface area contributed by atoms with Crippen LogP contribution in [0, 0.1) is 12.3 Å². The number of furan rings is 1. The van der Waals surface area contributed by atoms with Gasteiger partial charge in [-0.05, 0) is 59.1 Å². The van der Waals surface area contributed by atoms with E-state index in [4.69, 9.17) is 4.42 Å². The summed E-state index contributed by atoms with van der Waals surface area (Å²) in [5.41, 5.74) is 1.63. The minimum Gasteiger partial charge on any atom is -0.466 e. The van der Waals surface area contributed by atoms with Gasteiger partial charge in [-0.25, -0.2) is 0 Å². The Morgan fingerprint density at radius 3 is 2.90 bits per heavy atom. The first-order chi connectivity index (χ1) is 9.85. The number of hydrogen-bond donors (Lipinski definition) is 1. The quantitative estimate of drug-likeness (QED) is 0.743. The van der Waals surface area contributed by atoms with Crippen molar-refractivity contribution in [2.75, 3.05) is 0 Å². The molecule has 2 aromatic rings. The number of fused-ring (bicyclic) bond motifs is 1. The Labute approximate surface area is 139 Å². The summed E-state index contributed by atoms with van der Waals surface area (Å²) in [6, 6.07) is 5.03. The van der Waals surface area contributed by atoms with Crippen molar-refractivity contribution in [3.63, 3.8) is 0 Å². The van der Waals surface area contributed by atoms with E-state index in [0.29, 0.717) is 12.1 Å². The highest BCUT2D eigenvalue weighted by Gasteiger charge is 2.35. The molecule has 3 rings (SSSR count). The van der Waals surface area contributed by atoms with Gasteiger partial charge in [0, 0.05) is 33.4 Å². The predicted octanol–water partition coefficient (Wildman–Crippen LogP) is 5.78. The van der Waals surface area contributed by atoms with Gasteiger partial charge >= 0.3 is 0 Å². The van der Waals surface area contributed by atoms with Crippen molar-refractivity contribution in [1.82, 2.24) is 5.32 Å². The molecule has 2 heterocycles. The maximum absolute atomic E-state index is 5.92. The molecule has 2 aromatic heterocycles. The molecule has 2 atom stereocenters. The molecular weight excluding hydrogens is 346 g/mol. The van der Waals surface area contributed by atoms with Gasteiger partial charge < -0.3 is 9.73 Å². The first-order valence-corrected chi connectivity index (χ1v) is 9.11. The van der Waals surface area contributed by atoms with Gasteiger partial charge in [-0.1, -0.05) is 13.8 Å². The molecule has 0 saturated carbocycles. The third-order valence-corrected chi connectivity index (χ3v) is 6.28. The second-order valence-corrected chi connectivity index (χ2v) is 8.66. The summed E-state index contributed by atoms with van der Waals surface area (Å²) < 4.78 is 7.12. The fourth-order valence-corrected chi connectivity index (χ4v) is 5.06. The van der Waals surface area contributed by atoms with Gasteiger partial charge in [-0.15, -0.1) is 11.3 Å². The van der Waals surface area contributed by atoms with Crippen molar-refractivity contribution in [3.05, 3.63) is 43.9 Å². The monoisotopic (exact) mass is 367 g/mol. The third kappa shape index (κ3) is 3.13. The average Bonchev–Trinajstić information content (AvgIpc) is 2.93. The molecule has 21 heavy (non-hydrogen) atoms. The molecule has 0 aromatic carbocycles. The van der Waals surface area contributed by atoms with Gasteiger partial charge in [0.2, 0.25) is 0 Å². The standard InChI is InChI=1S/C17H22BrNOS/c1-10-7-12-14(8-17(3,4)9-15(12)20-10)19-11(2)16-13(18)5-6-21-16/h5-7,11,14,19H,8-9H2,1-4H3. The van der Waals surface area contributed by atoms with Crippen LogP contribution in [0.1, 0.15) is 61.2 Å². The maximum Gasteiger partial charge on any atom is 0.109 e. The second-order valence-electron chi connectivity index (χ2n) is 6.85. The zero-order chi connectivity index (χ0) is 15.2. The molecule has 0 radical (unpaired) electrons. The van der Waals surface area contributed by atoms with Crippen molar-refractivity contribution in [1.29, 1.82) is 0 Å². The Morgan fingerprint density at radius 2 is 2.24 bits per heavy atom. The van der Waals surface area contributed by atoms with Gasteiger partial charge in [0.1, 0.15) is 11.5 Å². The number of aryl methyl sites for hydroxylation is 1. The minimum atomic E-state index is 0.279. The molecule has 1 aliphatic carbocycles. The Hall–Kier alpha value is -0.580. The van der Waals surface area contributed by atoms with Crippen LogP contribution in [0.3, 0.4) is 0 Å². The molecule has 114 valence electrons. The van der Waals surface area contributed by atoms with Crippen LogP contribution in [0.4, 0.5) is 0 Å². The molecule has 0 saturated heterocycles. The van der Waals surface area contributed by atoms with Crippen molar-refractivity contribution in [2.24, 2.45) is 5.41 Å². The van der Waals surface area contributed by atoms with E-state index < -0.39 is 0 Å². The lowest BCUT2D eigenvalue weighted by Crippen LogP contribution is -2.33. The van der Waals surface area contributed by atoms with Crippen molar-refractivity contribution < 1.29 is 4.42 Å². The van der Waals surface area contributed by atoms with E-state index in [1.54, 1.807) is 11.3 Å². The molecule has 4 heteroatoms. The highest BCUT2D eigenvalue weighted by atomic mass is 79.9. The van der Waals surface area contributed by atoms with Crippen LogP contribution in [-0.2, 0) is 6.42 Å². The van der Waals surface area contributed by atoms with Crippen LogP contribution in [0.2, 0.25) is 0 Å². The van der Waals surface area contributed by atoms with Crippen LogP contribution >= 0.6 is 27.3 Å². The first-order valence-electron chi connectivity index (χ1n) is 7.44. The number of nitrogens with one attached hydrogen (secondary N) is 1. The van der Waals surface area contributed by atoms with Gasteiger partial charge in [0.05, 0.1) is 0 Å². The molecular formula is C17H22BrNOS. The summed E-state index contributed by atoms with van der Waals surface area (Å²) in [6.45, 7) is 8.94. The fourth-order valence-electron chi connectivity index (χ4n) is 3.33. The normalized spacial score (nSPS) is 22.0. The molecule has 1 N–H and O–H groups in total. The number of rotatable bonds is 3. The molecule has 0 bridgehead atoms. The summed E-state index contributed by atoms with van der Waals surface area (Å²) in [4.78, 5) is 1.36. The lowest BCUT2D eigenvalue weighted by atomic mass is 9.74. The summed E-state index contributed by atoms with van der Waals surface area (Å²) >= 11 is 5.44. The Bertz CT molecular complexity index is 643. The Balaban J connectivity index is 1.86. The molecule has 0 amide bonds. The van der Waals surface area contributed by atoms with Gasteiger partial charge in [0.25, 0.3) is 0 Å². The topological polar surface area (TPSA) is 25.2 Å². The van der Waals surface area contributed by atoms with E-state index in [9.17, 15) is 0 Å². The van der Waals surface area contributed by atoms with Crippen LogP contribution < -0.4 is 5.32 Å². The zero-order valence-corrected chi connectivity index (χ0v) is 15.4. The Kier molecular flexibility index (Phi) is 4.06. The van der Waals surface area contributed by atoms with Gasteiger partial charge in [0.15, 0.2) is 0 Å². The summed E-state index contributed by atoms with van der Waals surface area (Å²) in [5, 5.41) is 5.94. The highest BCUT2D eigenvalue weighted by Crippen LogP contribution is 2.43. The van der Waals surface area contributed by atoms with E-state index in [-0.39, 0.29) is 5.41 Å². The fraction of sp³-hybridized carbons (Fsp3) is 0.529. The van der Waals surface area contributed by atoms with Crippen molar-refractivity contribution in [2.45, 2.75) is 52.6 Å². The Morgan fingerprint density at radius 1 is 1.48 bits per heavy atom. The van der Waals surface area contributed by atoms with Gasteiger partial charge in [-0.3, -0.25) is 0 Å². The summed E-state index contributed by atoms with van der Waals surface area (Å²) in [7, 11) is 0. The third-order valence-electron chi connectivity index (χ3n) is 4.23. The summed E-state index contributed by atoms with van der Waals surface area (Å²) in [6.07, 6.45) is 2.18. The predicted molar refractivity (Wildman–Crippen MR) is 91.9 cm³/mol. The van der Waals surface area contributed by atoms with Crippen LogP contribution in [0.5, 0.6) is 0 Å². The number of hydrogen-bond acceptors (Lipinski definition) is 3. The molecule has 0 fully saturated rings. The van der Waals surface area contributed by atoms with Crippen LogP contribution in [-0.4, -0.2) is 0 Å². The van der Waals surface area contributed by atoms with E-state index in [1.807, 2.05) is 6.92 Å². The van der Waals surface area contributed by atoms with Crippen LogP contribution in [0.15, 0.2) is 26.4 Å². The zero-order valence-electron chi connectivity index (χ0n) is 13.0. The summed E-state index contributed by atoms with van der Waals surface area (Å²) in [5.74, 6) is 2.19. The molecule has 2 nitrogen and oxygen atoms in total. The molecule has 1 aliphatic rings. The molecule has 2 unspecified atom stereocenters. The molecule has 0 aliphatic heterocycles. The first kappa shape index (κ1) is 15.3. The van der Waals surface area contributed by atoms with Crippen LogP contribution in [0.25, 0.3) is 0 Å². The van der Waals surface area contributed by atoms with E-state index in [1.165, 1.54) is 20.7 Å².